The molecule has 0 aliphatic heterocycles. The Balaban J connectivity index is 1.85. The van der Waals surface area contributed by atoms with Gasteiger partial charge in [-0.15, -0.1) is 0 Å². The van der Waals surface area contributed by atoms with Gasteiger partial charge in [0, 0.05) is 23.5 Å². The van der Waals surface area contributed by atoms with Crippen LogP contribution in [0.1, 0.15) is 31.2 Å². The summed E-state index contributed by atoms with van der Waals surface area (Å²) in [6.45, 7) is 2.81. The van der Waals surface area contributed by atoms with Gasteiger partial charge in [-0.1, -0.05) is 35.0 Å². The van der Waals surface area contributed by atoms with Crippen molar-refractivity contribution in [1.82, 2.24) is 14.9 Å². The van der Waals surface area contributed by atoms with Crippen molar-refractivity contribution < 1.29 is 14.3 Å². The number of rotatable bonds is 7. The molecule has 2 aromatic heterocycles. The van der Waals surface area contributed by atoms with Crippen molar-refractivity contribution in [3.05, 3.63) is 69.7 Å². The van der Waals surface area contributed by atoms with Crippen LogP contribution in [0, 0.1) is 5.21 Å². The summed E-state index contributed by atoms with van der Waals surface area (Å²) in [6.07, 6.45) is 2.74. The van der Waals surface area contributed by atoms with Gasteiger partial charge in [0.1, 0.15) is 11.6 Å². The Kier molecular flexibility index (Phi) is 6.08. The average Bonchev–Trinajstić information content (AvgIpc) is 3.10. The number of nitrogens with zero attached hydrogens (tertiary/aromatic N) is 3. The number of hydrogen-bond donors (Lipinski definition) is 1. The number of methoxy groups -OCH3 is 1. The zero-order chi connectivity index (χ0) is 22.0. The fourth-order valence-electron chi connectivity index (χ4n) is 3.67. The van der Waals surface area contributed by atoms with Crippen molar-refractivity contribution in [2.45, 2.75) is 32.9 Å². The van der Waals surface area contributed by atoms with E-state index in [0.29, 0.717) is 36.4 Å². The summed E-state index contributed by atoms with van der Waals surface area (Å²) in [7, 11) is 1.64. The molecule has 1 amide bonds. The molecule has 2 aromatic carbocycles. The Morgan fingerprint density at radius 2 is 2.03 bits per heavy atom. The van der Waals surface area contributed by atoms with E-state index in [0.717, 1.165) is 37.8 Å². The van der Waals surface area contributed by atoms with Crippen LogP contribution in [0.15, 0.2) is 53.1 Å². The molecule has 7 nitrogen and oxygen atoms in total. The molecule has 0 atom stereocenters. The Hall–Kier alpha value is -3.13. The van der Waals surface area contributed by atoms with Crippen LogP contribution in [0.5, 0.6) is 5.75 Å². The van der Waals surface area contributed by atoms with Crippen molar-refractivity contribution in [1.29, 1.82) is 0 Å². The highest BCUT2D eigenvalue weighted by molar-refractivity contribution is 9.10. The number of ether oxygens (including phenoxy) is 1. The Morgan fingerprint density at radius 1 is 1.26 bits per heavy atom. The number of fused-ring (bicyclic) bond motifs is 3. The molecule has 1 N–H and O–H groups in total. The van der Waals surface area contributed by atoms with Crippen LogP contribution in [-0.2, 0) is 17.9 Å². The molecule has 0 saturated heterocycles. The molecule has 0 aliphatic rings. The summed E-state index contributed by atoms with van der Waals surface area (Å²) in [5, 5.41) is 16.4. The number of aromatic nitrogens is 3. The second-order valence-corrected chi connectivity index (χ2v) is 8.25. The Morgan fingerprint density at radius 3 is 2.74 bits per heavy atom. The van der Waals surface area contributed by atoms with Crippen LogP contribution in [0.2, 0.25) is 0 Å². The standard InChI is InChI=1S/C23H23BrN4O3/c1-3-4-22(29)25-12-21-26-19-14-28(30)20-11-16(24)7-10-18(20)23(19)27(21)13-15-5-8-17(31-2)9-6-15/h5-11,14H,3-4,12-13H2,1-2H3,(H,25,29). The molecule has 0 aliphatic carbocycles. The molecule has 31 heavy (non-hydrogen) atoms. The summed E-state index contributed by atoms with van der Waals surface area (Å²) in [5.41, 5.74) is 3.08. The molecule has 8 heteroatoms. The number of carbonyl (C=O) groups is 1. The maximum absolute atomic E-state index is 12.6. The lowest BCUT2D eigenvalue weighted by molar-refractivity contribution is -0.575. The van der Waals surface area contributed by atoms with Crippen LogP contribution in [0.25, 0.3) is 21.9 Å². The van der Waals surface area contributed by atoms with Gasteiger partial charge in [-0.3, -0.25) is 4.79 Å². The summed E-state index contributed by atoms with van der Waals surface area (Å²) in [4.78, 5) is 16.8. The number of carbonyl (C=O) groups excluding carboxylic acids is 1. The molecule has 4 rings (SSSR count). The molecular weight excluding hydrogens is 460 g/mol. The minimum Gasteiger partial charge on any atom is -0.618 e. The molecule has 2 heterocycles. The molecule has 0 radical (unpaired) electrons. The number of imidazole rings is 1. The zero-order valence-corrected chi connectivity index (χ0v) is 19.0. The van der Waals surface area contributed by atoms with Crippen molar-refractivity contribution >= 4 is 43.8 Å². The topological polar surface area (TPSA) is 83.1 Å². The van der Waals surface area contributed by atoms with Crippen LogP contribution in [0.3, 0.4) is 0 Å². The van der Waals surface area contributed by atoms with Crippen LogP contribution in [0.4, 0.5) is 0 Å². The highest BCUT2D eigenvalue weighted by Crippen LogP contribution is 2.27. The molecule has 4 aromatic rings. The molecule has 0 fully saturated rings. The van der Waals surface area contributed by atoms with Gasteiger partial charge in [-0.05, 0) is 36.2 Å². The minimum absolute atomic E-state index is 0.0155. The van der Waals surface area contributed by atoms with Crippen LogP contribution < -0.4 is 14.8 Å². The van der Waals surface area contributed by atoms with E-state index in [9.17, 15) is 10.0 Å². The zero-order valence-electron chi connectivity index (χ0n) is 17.4. The Labute approximate surface area is 188 Å². The summed E-state index contributed by atoms with van der Waals surface area (Å²) in [6, 6.07) is 13.5. The van der Waals surface area contributed by atoms with Gasteiger partial charge in [-0.25, -0.2) is 4.98 Å². The largest absolute Gasteiger partial charge is 0.618 e. The number of hydrogen-bond acceptors (Lipinski definition) is 4. The first-order valence-electron chi connectivity index (χ1n) is 10.1. The van der Waals surface area contributed by atoms with E-state index in [2.05, 4.69) is 25.8 Å². The quantitative estimate of drug-likeness (QED) is 0.318. The van der Waals surface area contributed by atoms with E-state index in [-0.39, 0.29) is 5.91 Å². The third-order valence-electron chi connectivity index (χ3n) is 5.19. The van der Waals surface area contributed by atoms with Gasteiger partial charge < -0.3 is 19.8 Å². The third-order valence-corrected chi connectivity index (χ3v) is 5.68. The second kappa shape index (κ2) is 8.93. The number of nitrogens with one attached hydrogen (secondary N) is 1. The van der Waals surface area contributed by atoms with E-state index in [1.165, 1.54) is 6.20 Å². The fraction of sp³-hybridized carbons (Fsp3) is 0.261. The molecule has 0 bridgehead atoms. The maximum Gasteiger partial charge on any atom is 0.227 e. The number of benzene rings is 2. The lowest BCUT2D eigenvalue weighted by Gasteiger charge is -2.12. The number of halogens is 1. The summed E-state index contributed by atoms with van der Waals surface area (Å²) in [5.74, 6) is 1.47. The molecule has 0 saturated carbocycles. The fourth-order valence-corrected chi connectivity index (χ4v) is 4.02. The predicted octanol–water partition coefficient (Wildman–Crippen LogP) is 4.06. The van der Waals surface area contributed by atoms with Gasteiger partial charge >= 0.3 is 0 Å². The Bertz CT molecular complexity index is 1250. The van der Waals surface area contributed by atoms with Gasteiger partial charge in [0.25, 0.3) is 0 Å². The molecular formula is C23H23BrN4O3. The van der Waals surface area contributed by atoms with E-state index in [4.69, 9.17) is 9.72 Å². The van der Waals surface area contributed by atoms with Crippen molar-refractivity contribution in [3.8, 4) is 5.75 Å². The molecule has 0 spiro atoms. The first-order valence-corrected chi connectivity index (χ1v) is 10.9. The summed E-state index contributed by atoms with van der Waals surface area (Å²) >= 11 is 3.44. The van der Waals surface area contributed by atoms with Gasteiger partial charge in [0.15, 0.2) is 5.52 Å². The predicted molar refractivity (Wildman–Crippen MR) is 123 cm³/mol. The lowest BCUT2D eigenvalue weighted by Crippen LogP contribution is -2.26. The van der Waals surface area contributed by atoms with Crippen LogP contribution >= 0.6 is 15.9 Å². The van der Waals surface area contributed by atoms with E-state index < -0.39 is 0 Å². The lowest BCUT2D eigenvalue weighted by atomic mass is 10.1. The second-order valence-electron chi connectivity index (χ2n) is 7.34. The van der Waals surface area contributed by atoms with Gasteiger partial charge in [0.2, 0.25) is 17.6 Å². The van der Waals surface area contributed by atoms with Crippen molar-refractivity contribution in [2.75, 3.05) is 7.11 Å². The summed E-state index contributed by atoms with van der Waals surface area (Å²) < 4.78 is 9.00. The van der Waals surface area contributed by atoms with E-state index in [1.807, 2.05) is 43.3 Å². The molecule has 0 unspecified atom stereocenters. The number of pyridine rings is 1. The third kappa shape index (κ3) is 4.34. The maximum atomic E-state index is 12.6. The van der Waals surface area contributed by atoms with Gasteiger partial charge in [0.05, 0.1) is 24.6 Å². The highest BCUT2D eigenvalue weighted by Gasteiger charge is 2.19. The smallest absolute Gasteiger partial charge is 0.227 e. The van der Waals surface area contributed by atoms with E-state index >= 15 is 0 Å². The number of amides is 1. The first-order chi connectivity index (χ1) is 15.0. The SMILES string of the molecule is CCCC(=O)NCc1nc2c[n+]([O-])c3cc(Br)ccc3c2n1Cc1ccc(OC)cc1. The van der Waals surface area contributed by atoms with Crippen molar-refractivity contribution in [3.63, 3.8) is 0 Å². The first kappa shape index (κ1) is 21.1. The van der Waals surface area contributed by atoms with E-state index in [1.54, 1.807) is 13.2 Å². The van der Waals surface area contributed by atoms with Gasteiger partial charge in [-0.2, -0.15) is 4.73 Å². The van der Waals surface area contributed by atoms with Crippen LogP contribution in [-0.4, -0.2) is 22.6 Å². The monoisotopic (exact) mass is 482 g/mol. The minimum atomic E-state index is -0.0155. The van der Waals surface area contributed by atoms with Crippen molar-refractivity contribution in [2.24, 2.45) is 0 Å². The molecule has 160 valence electrons. The average molecular weight is 483 g/mol. The highest BCUT2D eigenvalue weighted by atomic mass is 79.9. The normalized spacial score (nSPS) is 11.2.